The minimum atomic E-state index is -1.19. The van der Waals surface area contributed by atoms with Gasteiger partial charge in [0.1, 0.15) is 42.6 Å². The van der Waals surface area contributed by atoms with Crippen LogP contribution in [-0.4, -0.2) is 76.2 Å². The third-order valence-corrected chi connectivity index (χ3v) is 9.59. The van der Waals surface area contributed by atoms with Crippen LogP contribution in [0.4, 0.5) is 0 Å². The lowest BCUT2D eigenvalue weighted by molar-refractivity contribution is -0.140. The lowest BCUT2D eigenvalue weighted by Crippen LogP contribution is -2.39. The molecule has 0 bridgehead atoms. The zero-order valence-electron chi connectivity index (χ0n) is 29.7. The lowest BCUT2D eigenvalue weighted by atomic mass is 9.90. The van der Waals surface area contributed by atoms with Gasteiger partial charge < -0.3 is 34.4 Å². The van der Waals surface area contributed by atoms with E-state index >= 15 is 0 Å². The number of carboxylic acids is 1. The van der Waals surface area contributed by atoms with Gasteiger partial charge in [-0.3, -0.25) is 15.1 Å². The third-order valence-electron chi connectivity index (χ3n) is 9.30. The SMILES string of the molecule is Cc1ccc(OCCCN2CCC(O)C2)c(C)c1-c1cccc(COc2cc(OCc3cncc(C#N)c3)c(CN[C@@H](CO)C(=O)O)cc2Cl)c1C. The van der Waals surface area contributed by atoms with Gasteiger partial charge in [-0.2, -0.15) is 5.26 Å². The summed E-state index contributed by atoms with van der Waals surface area (Å²) in [6.07, 6.45) is 4.55. The molecule has 1 aliphatic heterocycles. The van der Waals surface area contributed by atoms with Crippen LogP contribution in [0.25, 0.3) is 11.1 Å². The predicted octanol–water partition coefficient (Wildman–Crippen LogP) is 5.73. The molecule has 1 unspecified atom stereocenters. The minimum Gasteiger partial charge on any atom is -0.493 e. The van der Waals surface area contributed by atoms with Crippen LogP contribution in [0.15, 0.2) is 60.9 Å². The Kier molecular flexibility index (Phi) is 13.5. The highest BCUT2D eigenvalue weighted by Crippen LogP contribution is 2.38. The molecule has 0 spiro atoms. The van der Waals surface area contributed by atoms with Crippen LogP contribution in [0.5, 0.6) is 17.2 Å². The van der Waals surface area contributed by atoms with Gasteiger partial charge in [0.15, 0.2) is 0 Å². The van der Waals surface area contributed by atoms with E-state index in [1.54, 1.807) is 24.4 Å². The molecule has 5 rings (SSSR count). The predicted molar refractivity (Wildman–Crippen MR) is 198 cm³/mol. The van der Waals surface area contributed by atoms with Gasteiger partial charge >= 0.3 is 5.97 Å². The van der Waals surface area contributed by atoms with E-state index < -0.39 is 18.6 Å². The Labute approximate surface area is 309 Å². The average molecular weight is 729 g/mol. The van der Waals surface area contributed by atoms with E-state index in [9.17, 15) is 25.4 Å². The standard InChI is InChI=1S/C40H45ClN4O7/c1-25-8-9-36(50-13-5-11-45-12-10-32(47)21-45)27(3)39(25)33-7-4-6-30(26(33)2)24-52-38-16-37(51-23-29-14-28(17-42)18-43-19-29)31(15-34(38)41)20-44-35(22-46)40(48)49/h4,6-9,14-16,18-19,32,35,44,46-47H,5,10-13,20-24H2,1-3H3,(H,48,49)/t32?,35-/m0/s1. The van der Waals surface area contributed by atoms with Crippen LogP contribution >= 0.6 is 11.6 Å². The van der Waals surface area contributed by atoms with Gasteiger partial charge in [0, 0.05) is 55.8 Å². The smallest absolute Gasteiger partial charge is 0.323 e. The number of hydrogen-bond acceptors (Lipinski definition) is 10. The van der Waals surface area contributed by atoms with E-state index in [0.717, 1.165) is 71.6 Å². The van der Waals surface area contributed by atoms with Crippen LogP contribution in [0.1, 0.15) is 51.8 Å². The molecule has 4 N–H and O–H groups in total. The van der Waals surface area contributed by atoms with Crippen LogP contribution in [-0.2, 0) is 24.6 Å². The summed E-state index contributed by atoms with van der Waals surface area (Å²) < 4.78 is 18.7. The summed E-state index contributed by atoms with van der Waals surface area (Å²) in [5, 5.41) is 41.1. The van der Waals surface area contributed by atoms with Crippen molar-refractivity contribution in [3.8, 4) is 34.4 Å². The van der Waals surface area contributed by atoms with Crippen molar-refractivity contribution in [2.75, 3.05) is 32.8 Å². The molecule has 2 atom stereocenters. The fraction of sp³-hybridized carbons (Fsp3) is 0.375. The number of halogens is 1. The molecule has 1 saturated heterocycles. The summed E-state index contributed by atoms with van der Waals surface area (Å²) in [5.41, 5.74) is 8.03. The van der Waals surface area contributed by atoms with Crippen molar-refractivity contribution in [1.29, 1.82) is 5.26 Å². The summed E-state index contributed by atoms with van der Waals surface area (Å²) in [4.78, 5) is 17.9. The van der Waals surface area contributed by atoms with Crippen molar-refractivity contribution < 1.29 is 34.3 Å². The van der Waals surface area contributed by atoms with Crippen molar-refractivity contribution >= 4 is 17.6 Å². The molecule has 4 aromatic rings. The quantitative estimate of drug-likeness (QED) is 0.0985. The molecule has 3 aromatic carbocycles. The van der Waals surface area contributed by atoms with Crippen molar-refractivity contribution in [2.45, 2.75) is 65.5 Å². The summed E-state index contributed by atoms with van der Waals surface area (Å²) in [6, 6.07) is 16.1. The highest BCUT2D eigenvalue weighted by atomic mass is 35.5. The lowest BCUT2D eigenvalue weighted by Gasteiger charge is -2.20. The third kappa shape index (κ3) is 9.79. The first kappa shape index (κ1) is 38.5. The topological polar surface area (TPSA) is 157 Å². The van der Waals surface area contributed by atoms with E-state index in [1.165, 1.54) is 6.20 Å². The first-order valence-corrected chi connectivity index (χ1v) is 17.7. The summed E-state index contributed by atoms with van der Waals surface area (Å²) in [5.74, 6) is 0.425. The molecule has 274 valence electrons. The normalized spacial score (nSPS) is 14.9. The monoisotopic (exact) mass is 728 g/mol. The number of hydrogen-bond donors (Lipinski definition) is 4. The second-order valence-corrected chi connectivity index (χ2v) is 13.4. The minimum absolute atomic E-state index is 0.0502. The molecule has 0 aliphatic carbocycles. The number of pyridine rings is 1. The Balaban J connectivity index is 1.33. The number of benzene rings is 3. The number of ether oxygens (including phenoxy) is 3. The van der Waals surface area contributed by atoms with E-state index in [1.807, 2.05) is 18.2 Å². The van der Waals surface area contributed by atoms with Crippen molar-refractivity contribution in [2.24, 2.45) is 0 Å². The number of β-amino-alcohol motifs (C(OH)–C–C–N with tert-alkyl or cyclic N) is 1. The molecule has 0 radical (unpaired) electrons. The second kappa shape index (κ2) is 18.2. The number of aliphatic hydroxyl groups excluding tert-OH is 2. The number of aliphatic hydroxyl groups is 2. The zero-order chi connectivity index (χ0) is 37.2. The van der Waals surface area contributed by atoms with Gasteiger partial charge in [0.2, 0.25) is 0 Å². The van der Waals surface area contributed by atoms with Crippen LogP contribution in [0, 0.1) is 32.1 Å². The summed E-state index contributed by atoms with van der Waals surface area (Å²) in [7, 11) is 0. The van der Waals surface area contributed by atoms with Crippen molar-refractivity contribution in [3.05, 3.63) is 105 Å². The van der Waals surface area contributed by atoms with Gasteiger partial charge in [-0.15, -0.1) is 0 Å². The molecule has 2 heterocycles. The summed E-state index contributed by atoms with van der Waals surface area (Å²) >= 11 is 6.71. The fourth-order valence-corrected chi connectivity index (χ4v) is 6.60. The molecule has 0 amide bonds. The molecule has 1 aliphatic rings. The number of likely N-dealkylation sites (tertiary alicyclic amines) is 1. The van der Waals surface area contributed by atoms with Crippen LogP contribution in [0.2, 0.25) is 5.02 Å². The first-order chi connectivity index (χ1) is 25.1. The second-order valence-electron chi connectivity index (χ2n) is 13.0. The van der Waals surface area contributed by atoms with Crippen molar-refractivity contribution in [3.63, 3.8) is 0 Å². The van der Waals surface area contributed by atoms with E-state index in [-0.39, 0.29) is 25.9 Å². The largest absolute Gasteiger partial charge is 0.493 e. The first-order valence-electron chi connectivity index (χ1n) is 17.3. The number of carboxylic acid groups (broad SMARTS) is 1. The maximum Gasteiger partial charge on any atom is 0.323 e. The molecule has 0 saturated carbocycles. The maximum atomic E-state index is 11.5. The van der Waals surface area contributed by atoms with Crippen LogP contribution in [0.3, 0.4) is 0 Å². The maximum absolute atomic E-state index is 11.5. The Morgan fingerprint density at radius 3 is 2.58 bits per heavy atom. The fourth-order valence-electron chi connectivity index (χ4n) is 6.36. The number of aromatic nitrogens is 1. The van der Waals surface area contributed by atoms with Gasteiger partial charge in [0.25, 0.3) is 0 Å². The zero-order valence-corrected chi connectivity index (χ0v) is 30.4. The van der Waals surface area contributed by atoms with Gasteiger partial charge in [0.05, 0.1) is 29.9 Å². The van der Waals surface area contributed by atoms with Gasteiger partial charge in [-0.25, -0.2) is 0 Å². The average Bonchev–Trinajstić information content (AvgIpc) is 3.55. The molecule has 1 fully saturated rings. The number of nitrogens with one attached hydrogen (secondary N) is 1. The number of rotatable bonds is 17. The Hall–Kier alpha value is -4.70. The van der Waals surface area contributed by atoms with Gasteiger partial charge in [-0.1, -0.05) is 35.9 Å². The highest BCUT2D eigenvalue weighted by Gasteiger charge is 2.21. The Bertz CT molecular complexity index is 1910. The van der Waals surface area contributed by atoms with Crippen LogP contribution < -0.4 is 19.5 Å². The van der Waals surface area contributed by atoms with E-state index in [2.05, 4.69) is 54.2 Å². The Morgan fingerprint density at radius 1 is 1.04 bits per heavy atom. The molecule has 12 heteroatoms. The Morgan fingerprint density at radius 2 is 1.85 bits per heavy atom. The number of nitriles is 1. The highest BCUT2D eigenvalue weighted by molar-refractivity contribution is 6.32. The number of nitrogens with zero attached hydrogens (tertiary/aromatic N) is 3. The molecular formula is C40H45ClN4O7. The number of carbonyl (C=O) groups is 1. The number of aliphatic carboxylic acids is 1. The molecule has 52 heavy (non-hydrogen) atoms. The number of aryl methyl sites for hydroxylation is 1. The van der Waals surface area contributed by atoms with E-state index in [4.69, 9.17) is 25.8 Å². The molecular weight excluding hydrogens is 684 g/mol. The molecule has 11 nitrogen and oxygen atoms in total. The molecule has 1 aromatic heterocycles. The summed E-state index contributed by atoms with van der Waals surface area (Å²) in [6.45, 7) is 9.16. The van der Waals surface area contributed by atoms with Gasteiger partial charge in [-0.05, 0) is 85.2 Å². The van der Waals surface area contributed by atoms with Crippen molar-refractivity contribution in [1.82, 2.24) is 15.2 Å². The van der Waals surface area contributed by atoms with E-state index in [0.29, 0.717) is 39.8 Å².